The lowest BCUT2D eigenvalue weighted by Crippen LogP contribution is -2.02. The smallest absolute Gasteiger partial charge is 0.165 e. The normalized spacial score (nSPS) is 10.9. The molecule has 0 aromatic heterocycles. The lowest BCUT2D eigenvalue weighted by atomic mass is 10.0. The second-order valence-electron chi connectivity index (χ2n) is 6.62. The summed E-state index contributed by atoms with van der Waals surface area (Å²) in [4.78, 5) is 0. The summed E-state index contributed by atoms with van der Waals surface area (Å²) in [5.41, 5.74) is 4.11. The van der Waals surface area contributed by atoms with Crippen molar-refractivity contribution in [3.8, 4) is 17.6 Å². The van der Waals surface area contributed by atoms with Crippen molar-refractivity contribution in [2.75, 3.05) is 7.11 Å². The van der Waals surface area contributed by atoms with Gasteiger partial charge in [-0.15, -0.1) is 6.58 Å². The predicted molar refractivity (Wildman–Crippen MR) is 123 cm³/mol. The zero-order valence-corrected chi connectivity index (χ0v) is 17.5. The van der Waals surface area contributed by atoms with Gasteiger partial charge in [0, 0.05) is 16.1 Å². The van der Waals surface area contributed by atoms with E-state index in [9.17, 15) is 5.26 Å². The van der Waals surface area contributed by atoms with Crippen LogP contribution in [-0.4, -0.2) is 7.11 Å². The Labute approximate surface area is 182 Å². The molecule has 4 heteroatoms. The van der Waals surface area contributed by atoms with Crippen LogP contribution in [0.1, 0.15) is 22.3 Å². The standard InChI is InChI=1S/C26H22ClNO2/c1-3-9-21-14-19(15-23(17-28)20-10-5-4-6-11-20)16-25(29-2)26(21)30-18-22-12-7-8-13-24(22)27/h3-8,10-16H,1,9,18H2,2H3/b23-15+. The van der Waals surface area contributed by atoms with E-state index in [-0.39, 0.29) is 0 Å². The van der Waals surface area contributed by atoms with Gasteiger partial charge in [0.05, 0.1) is 18.8 Å². The van der Waals surface area contributed by atoms with Crippen molar-refractivity contribution in [3.05, 3.63) is 107 Å². The second kappa shape index (κ2) is 10.3. The van der Waals surface area contributed by atoms with Crippen LogP contribution in [0.25, 0.3) is 11.6 Å². The molecule has 3 nitrogen and oxygen atoms in total. The van der Waals surface area contributed by atoms with Gasteiger partial charge in [0.15, 0.2) is 11.5 Å². The van der Waals surface area contributed by atoms with Crippen molar-refractivity contribution < 1.29 is 9.47 Å². The highest BCUT2D eigenvalue weighted by Crippen LogP contribution is 2.36. The molecule has 0 fully saturated rings. The van der Waals surface area contributed by atoms with Crippen molar-refractivity contribution in [3.63, 3.8) is 0 Å². The molecule has 0 saturated heterocycles. The number of hydrogen-bond acceptors (Lipinski definition) is 3. The SMILES string of the molecule is C=CCc1cc(/C=C(\C#N)c2ccccc2)cc(OC)c1OCc1ccccc1Cl. The van der Waals surface area contributed by atoms with E-state index in [0.717, 1.165) is 22.3 Å². The summed E-state index contributed by atoms with van der Waals surface area (Å²) in [5.74, 6) is 1.24. The minimum atomic E-state index is 0.322. The van der Waals surface area contributed by atoms with Crippen molar-refractivity contribution in [2.45, 2.75) is 13.0 Å². The van der Waals surface area contributed by atoms with E-state index in [4.69, 9.17) is 21.1 Å². The first-order chi connectivity index (χ1) is 14.7. The molecule has 30 heavy (non-hydrogen) atoms. The molecule has 0 saturated carbocycles. The third-order valence-corrected chi connectivity index (χ3v) is 4.95. The zero-order valence-electron chi connectivity index (χ0n) is 16.8. The molecule has 3 rings (SSSR count). The molecule has 0 spiro atoms. The first-order valence-electron chi connectivity index (χ1n) is 9.51. The fourth-order valence-electron chi connectivity index (χ4n) is 3.12. The number of benzene rings is 3. The van der Waals surface area contributed by atoms with Crippen LogP contribution in [0.15, 0.2) is 79.4 Å². The number of nitriles is 1. The van der Waals surface area contributed by atoms with Gasteiger partial charge in [-0.05, 0) is 41.8 Å². The first-order valence-corrected chi connectivity index (χ1v) is 9.89. The molecule has 150 valence electrons. The molecule has 0 N–H and O–H groups in total. The van der Waals surface area contributed by atoms with E-state index >= 15 is 0 Å². The van der Waals surface area contributed by atoms with Crippen molar-refractivity contribution in [2.24, 2.45) is 0 Å². The van der Waals surface area contributed by atoms with Crippen LogP contribution >= 0.6 is 11.6 Å². The Morgan fingerprint density at radius 3 is 2.47 bits per heavy atom. The van der Waals surface area contributed by atoms with E-state index in [1.807, 2.05) is 78.9 Å². The van der Waals surface area contributed by atoms with E-state index < -0.39 is 0 Å². The number of rotatable bonds is 8. The number of halogens is 1. The molecule has 0 heterocycles. The van der Waals surface area contributed by atoms with Gasteiger partial charge in [0.2, 0.25) is 0 Å². The number of methoxy groups -OCH3 is 1. The van der Waals surface area contributed by atoms with Gasteiger partial charge < -0.3 is 9.47 Å². The first kappa shape index (κ1) is 21.2. The maximum absolute atomic E-state index is 9.63. The minimum absolute atomic E-state index is 0.322. The average Bonchev–Trinajstić information content (AvgIpc) is 2.78. The third-order valence-electron chi connectivity index (χ3n) is 4.58. The topological polar surface area (TPSA) is 42.2 Å². The number of allylic oxidation sites excluding steroid dienone is 2. The summed E-state index contributed by atoms with van der Waals surface area (Å²) in [6, 6.07) is 23.3. The van der Waals surface area contributed by atoms with Crippen LogP contribution in [-0.2, 0) is 13.0 Å². The summed E-state index contributed by atoms with van der Waals surface area (Å²) in [7, 11) is 1.60. The Balaban J connectivity index is 1.99. The largest absolute Gasteiger partial charge is 0.493 e. The average molecular weight is 416 g/mol. The van der Waals surface area contributed by atoms with Gasteiger partial charge in [-0.25, -0.2) is 0 Å². The minimum Gasteiger partial charge on any atom is -0.493 e. The molecular weight excluding hydrogens is 394 g/mol. The second-order valence-corrected chi connectivity index (χ2v) is 7.03. The van der Waals surface area contributed by atoms with Gasteiger partial charge in [-0.1, -0.05) is 66.2 Å². The molecule has 0 unspecified atom stereocenters. The summed E-state index contributed by atoms with van der Waals surface area (Å²) >= 11 is 6.26. The van der Waals surface area contributed by atoms with Crippen molar-refractivity contribution >= 4 is 23.3 Å². The molecule has 0 radical (unpaired) electrons. The summed E-state index contributed by atoms with van der Waals surface area (Å²) in [5, 5.41) is 10.3. The molecule has 3 aromatic rings. The fraction of sp³-hybridized carbons (Fsp3) is 0.115. The van der Waals surface area contributed by atoms with Gasteiger partial charge in [-0.2, -0.15) is 5.26 Å². The van der Waals surface area contributed by atoms with E-state index in [1.165, 1.54) is 0 Å². The number of nitrogens with zero attached hydrogens (tertiary/aromatic N) is 1. The Morgan fingerprint density at radius 1 is 1.07 bits per heavy atom. The molecular formula is C26H22ClNO2. The van der Waals surface area contributed by atoms with Gasteiger partial charge in [0.1, 0.15) is 6.61 Å². The van der Waals surface area contributed by atoms with E-state index in [2.05, 4.69) is 12.6 Å². The maximum atomic E-state index is 9.63. The number of hydrogen-bond donors (Lipinski definition) is 0. The van der Waals surface area contributed by atoms with E-state index in [1.54, 1.807) is 7.11 Å². The zero-order chi connectivity index (χ0) is 21.3. The van der Waals surface area contributed by atoms with Crippen molar-refractivity contribution in [1.29, 1.82) is 5.26 Å². The number of ether oxygens (including phenoxy) is 2. The highest BCUT2D eigenvalue weighted by molar-refractivity contribution is 6.31. The van der Waals surface area contributed by atoms with Crippen LogP contribution in [0.2, 0.25) is 5.02 Å². The van der Waals surface area contributed by atoms with Gasteiger partial charge >= 0.3 is 0 Å². The highest BCUT2D eigenvalue weighted by Gasteiger charge is 2.14. The lowest BCUT2D eigenvalue weighted by molar-refractivity contribution is 0.282. The van der Waals surface area contributed by atoms with Crippen LogP contribution in [0.5, 0.6) is 11.5 Å². The van der Waals surface area contributed by atoms with Gasteiger partial charge in [0.25, 0.3) is 0 Å². The van der Waals surface area contributed by atoms with Crippen LogP contribution in [0, 0.1) is 11.3 Å². The maximum Gasteiger partial charge on any atom is 0.165 e. The molecule has 0 atom stereocenters. The van der Waals surface area contributed by atoms with Crippen LogP contribution < -0.4 is 9.47 Å². The molecule has 0 amide bonds. The summed E-state index contributed by atoms with van der Waals surface area (Å²) < 4.78 is 11.7. The monoisotopic (exact) mass is 415 g/mol. The Kier molecular flexibility index (Phi) is 7.32. The summed E-state index contributed by atoms with van der Waals surface area (Å²) in [6.07, 6.45) is 4.26. The summed E-state index contributed by atoms with van der Waals surface area (Å²) in [6.45, 7) is 4.18. The van der Waals surface area contributed by atoms with Gasteiger partial charge in [-0.3, -0.25) is 0 Å². The fourth-order valence-corrected chi connectivity index (χ4v) is 3.31. The van der Waals surface area contributed by atoms with E-state index in [0.29, 0.717) is 35.1 Å². The Bertz CT molecular complexity index is 1100. The molecule has 0 aliphatic heterocycles. The molecule has 0 bridgehead atoms. The molecule has 0 aliphatic rings. The Hall–Kier alpha value is -3.48. The highest BCUT2D eigenvalue weighted by atomic mass is 35.5. The predicted octanol–water partition coefficient (Wildman–Crippen LogP) is 6.72. The quantitative estimate of drug-likeness (QED) is 0.233. The molecule has 0 aliphatic carbocycles. The Morgan fingerprint density at radius 2 is 1.80 bits per heavy atom. The lowest BCUT2D eigenvalue weighted by Gasteiger charge is -2.16. The third kappa shape index (κ3) is 5.11. The van der Waals surface area contributed by atoms with Crippen molar-refractivity contribution in [1.82, 2.24) is 0 Å². The van der Waals surface area contributed by atoms with Crippen LogP contribution in [0.3, 0.4) is 0 Å². The van der Waals surface area contributed by atoms with Crippen LogP contribution in [0.4, 0.5) is 0 Å². The molecule has 3 aromatic carbocycles.